The third-order valence-corrected chi connectivity index (χ3v) is 6.17. The molecule has 0 radical (unpaired) electrons. The van der Waals surface area contributed by atoms with Crippen LogP contribution in [0.2, 0.25) is 0 Å². The minimum absolute atomic E-state index is 0.00342. The Balaban J connectivity index is 1.57. The maximum Gasteiger partial charge on any atom is 0.416 e. The van der Waals surface area contributed by atoms with Gasteiger partial charge in [-0.2, -0.15) is 13.2 Å². The van der Waals surface area contributed by atoms with Gasteiger partial charge in [0.25, 0.3) is 0 Å². The highest BCUT2D eigenvalue weighted by atomic mass is 32.2. The maximum absolute atomic E-state index is 12.9. The molecule has 9 nitrogen and oxygen atoms in total. The standard InChI is InChI=1S/C22H22F3N5O4S2/c1-3-8-30-17(11-34-16-7-5-6-14(9-16)22(23,24)25)28-29-21(30)36-13-18(31)27-20-26-15(12-35-20)10-19(32)33-4-2/h3,5-7,9,12H,1,4,8,10-11,13H2,2H3,(H,26,27,31). The highest BCUT2D eigenvalue weighted by Gasteiger charge is 2.30. The number of carbonyl (C=O) groups excluding carboxylic acids is 2. The molecule has 1 N–H and O–H groups in total. The smallest absolute Gasteiger partial charge is 0.416 e. The zero-order valence-electron chi connectivity index (χ0n) is 19.1. The lowest BCUT2D eigenvalue weighted by Crippen LogP contribution is -2.15. The predicted octanol–water partition coefficient (Wildman–Crippen LogP) is 4.35. The first-order chi connectivity index (χ1) is 17.2. The Morgan fingerprint density at radius 2 is 2.11 bits per heavy atom. The monoisotopic (exact) mass is 541 g/mol. The van der Waals surface area contributed by atoms with Gasteiger partial charge < -0.3 is 14.8 Å². The Morgan fingerprint density at radius 3 is 2.83 bits per heavy atom. The van der Waals surface area contributed by atoms with Gasteiger partial charge in [-0.25, -0.2) is 4.98 Å². The lowest BCUT2D eigenvalue weighted by Gasteiger charge is -2.11. The first kappa shape index (κ1) is 27.2. The number of halogens is 3. The summed E-state index contributed by atoms with van der Waals surface area (Å²) in [6.45, 7) is 5.86. The van der Waals surface area contributed by atoms with Crippen LogP contribution in [-0.2, 0) is 40.1 Å². The third-order valence-electron chi connectivity index (χ3n) is 4.40. The fourth-order valence-corrected chi connectivity index (χ4v) is 4.34. The quantitative estimate of drug-likeness (QED) is 0.205. The van der Waals surface area contributed by atoms with Crippen LogP contribution in [0, 0.1) is 0 Å². The summed E-state index contributed by atoms with van der Waals surface area (Å²) < 4.78 is 50.8. The zero-order chi connectivity index (χ0) is 26.1. The number of amides is 1. The Bertz CT molecular complexity index is 1210. The fourth-order valence-electron chi connectivity index (χ4n) is 2.85. The minimum atomic E-state index is -4.48. The average Bonchev–Trinajstić information content (AvgIpc) is 3.42. The van der Waals surface area contributed by atoms with Crippen LogP contribution < -0.4 is 10.1 Å². The van der Waals surface area contributed by atoms with Crippen molar-refractivity contribution in [3.63, 3.8) is 0 Å². The van der Waals surface area contributed by atoms with E-state index in [9.17, 15) is 22.8 Å². The molecule has 0 spiro atoms. The number of benzene rings is 1. The molecule has 192 valence electrons. The zero-order valence-corrected chi connectivity index (χ0v) is 20.7. The number of nitrogens with zero attached hydrogens (tertiary/aromatic N) is 4. The maximum atomic E-state index is 12.9. The van der Waals surface area contributed by atoms with Crippen LogP contribution in [-0.4, -0.2) is 44.0 Å². The molecule has 2 heterocycles. The summed E-state index contributed by atoms with van der Waals surface area (Å²) >= 11 is 2.30. The van der Waals surface area contributed by atoms with Gasteiger partial charge in [0.1, 0.15) is 12.4 Å². The van der Waals surface area contributed by atoms with E-state index in [1.807, 2.05) is 0 Å². The van der Waals surface area contributed by atoms with E-state index in [4.69, 9.17) is 9.47 Å². The number of hydrogen-bond acceptors (Lipinski definition) is 9. The highest BCUT2D eigenvalue weighted by Crippen LogP contribution is 2.31. The van der Waals surface area contributed by atoms with Crippen molar-refractivity contribution in [1.29, 1.82) is 0 Å². The SMILES string of the molecule is C=CCn1c(COc2cccc(C(F)(F)F)c2)nnc1SCC(=O)Nc1nc(CC(=O)OCC)cs1. The summed E-state index contributed by atoms with van der Waals surface area (Å²) in [5.41, 5.74) is -0.319. The van der Waals surface area contributed by atoms with Crippen LogP contribution in [0.5, 0.6) is 5.75 Å². The number of allylic oxidation sites excluding steroid dienone is 1. The Kier molecular flexibility index (Phi) is 9.47. The molecule has 0 fully saturated rings. The summed E-state index contributed by atoms with van der Waals surface area (Å²) in [6.07, 6.45) is -2.86. The van der Waals surface area contributed by atoms with Crippen LogP contribution >= 0.6 is 23.1 Å². The second kappa shape index (κ2) is 12.5. The van der Waals surface area contributed by atoms with Gasteiger partial charge in [-0.3, -0.25) is 14.2 Å². The lowest BCUT2D eigenvalue weighted by atomic mass is 10.2. The van der Waals surface area contributed by atoms with Gasteiger partial charge in [0.15, 0.2) is 16.1 Å². The van der Waals surface area contributed by atoms with Crippen LogP contribution in [0.15, 0.2) is 47.5 Å². The van der Waals surface area contributed by atoms with Crippen LogP contribution in [0.4, 0.5) is 18.3 Å². The van der Waals surface area contributed by atoms with Gasteiger partial charge >= 0.3 is 12.1 Å². The van der Waals surface area contributed by atoms with Crippen LogP contribution in [0.25, 0.3) is 0 Å². The summed E-state index contributed by atoms with van der Waals surface area (Å²) in [4.78, 5) is 28.1. The number of anilines is 1. The fraction of sp³-hybridized carbons (Fsp3) is 0.318. The summed E-state index contributed by atoms with van der Waals surface area (Å²) in [5.74, 6) is -0.343. The number of esters is 1. The van der Waals surface area contributed by atoms with E-state index in [2.05, 4.69) is 27.1 Å². The van der Waals surface area contributed by atoms with E-state index in [1.54, 1.807) is 22.9 Å². The molecule has 0 unspecified atom stereocenters. The summed E-state index contributed by atoms with van der Waals surface area (Å²) in [6, 6.07) is 4.54. The second-order valence-electron chi connectivity index (χ2n) is 7.07. The van der Waals surface area contributed by atoms with Crippen molar-refractivity contribution in [2.24, 2.45) is 0 Å². The molecule has 0 saturated carbocycles. The average molecular weight is 542 g/mol. The first-order valence-corrected chi connectivity index (χ1v) is 12.4. The van der Waals surface area contributed by atoms with Gasteiger partial charge in [-0.1, -0.05) is 23.9 Å². The van der Waals surface area contributed by atoms with Gasteiger partial charge in [-0.15, -0.1) is 28.1 Å². The van der Waals surface area contributed by atoms with E-state index in [-0.39, 0.29) is 37.0 Å². The number of ether oxygens (including phenoxy) is 2. The molecule has 0 saturated heterocycles. The molecule has 2 aromatic heterocycles. The van der Waals surface area contributed by atoms with Crippen molar-refractivity contribution in [3.8, 4) is 5.75 Å². The minimum Gasteiger partial charge on any atom is -0.486 e. The number of thioether (sulfide) groups is 1. The molecule has 0 atom stereocenters. The topological polar surface area (TPSA) is 108 Å². The lowest BCUT2D eigenvalue weighted by molar-refractivity contribution is -0.142. The summed E-state index contributed by atoms with van der Waals surface area (Å²) in [5, 5.41) is 13.2. The molecule has 1 amide bonds. The van der Waals surface area contributed by atoms with Gasteiger partial charge in [0.05, 0.1) is 30.0 Å². The number of aromatic nitrogens is 4. The van der Waals surface area contributed by atoms with E-state index in [1.165, 1.54) is 23.5 Å². The molecule has 3 rings (SSSR count). The van der Waals surface area contributed by atoms with Crippen molar-refractivity contribution in [1.82, 2.24) is 19.7 Å². The van der Waals surface area contributed by atoms with E-state index in [0.717, 1.165) is 23.9 Å². The Labute approximate surface area is 212 Å². The molecule has 1 aromatic carbocycles. The molecule has 14 heteroatoms. The number of alkyl halides is 3. The van der Waals surface area contributed by atoms with Crippen molar-refractivity contribution in [2.45, 2.75) is 37.8 Å². The number of hydrogen-bond donors (Lipinski definition) is 1. The van der Waals surface area contributed by atoms with Gasteiger partial charge in [-0.05, 0) is 25.1 Å². The van der Waals surface area contributed by atoms with E-state index >= 15 is 0 Å². The van der Waals surface area contributed by atoms with Crippen molar-refractivity contribution >= 4 is 40.1 Å². The van der Waals surface area contributed by atoms with Crippen LogP contribution in [0.1, 0.15) is 24.0 Å². The molecule has 3 aromatic rings. The second-order valence-corrected chi connectivity index (χ2v) is 8.88. The third kappa shape index (κ3) is 7.81. The van der Waals surface area contributed by atoms with Gasteiger partial charge in [0.2, 0.25) is 5.91 Å². The molecule has 0 aliphatic carbocycles. The Morgan fingerprint density at radius 1 is 1.31 bits per heavy atom. The molecular formula is C22H22F3N5O4S2. The van der Waals surface area contributed by atoms with E-state index < -0.39 is 17.7 Å². The molecule has 0 aliphatic rings. The van der Waals surface area contributed by atoms with Crippen molar-refractivity contribution < 1.29 is 32.2 Å². The van der Waals surface area contributed by atoms with Crippen molar-refractivity contribution in [2.75, 3.05) is 17.7 Å². The highest BCUT2D eigenvalue weighted by molar-refractivity contribution is 7.99. The van der Waals surface area contributed by atoms with Crippen LogP contribution in [0.3, 0.4) is 0 Å². The largest absolute Gasteiger partial charge is 0.486 e. The molecule has 36 heavy (non-hydrogen) atoms. The molecular weight excluding hydrogens is 519 g/mol. The normalized spacial score (nSPS) is 11.2. The first-order valence-electron chi connectivity index (χ1n) is 10.5. The molecule has 0 aliphatic heterocycles. The number of carbonyl (C=O) groups is 2. The number of thiazole rings is 1. The Hall–Kier alpha value is -3.39. The van der Waals surface area contributed by atoms with E-state index in [0.29, 0.717) is 28.4 Å². The number of rotatable bonds is 12. The summed E-state index contributed by atoms with van der Waals surface area (Å²) in [7, 11) is 0. The van der Waals surface area contributed by atoms with Gasteiger partial charge in [0, 0.05) is 11.9 Å². The predicted molar refractivity (Wildman–Crippen MR) is 128 cm³/mol. The number of nitrogens with one attached hydrogen (secondary N) is 1. The molecule has 0 bridgehead atoms. The van der Waals surface area contributed by atoms with Crippen molar-refractivity contribution in [3.05, 3.63) is 59.4 Å².